The van der Waals surface area contributed by atoms with Crippen LogP contribution in [0.3, 0.4) is 0 Å². The van der Waals surface area contributed by atoms with Crippen molar-refractivity contribution >= 4 is 0 Å². The molecule has 1 heterocycles. The molecule has 0 spiro atoms. The van der Waals surface area contributed by atoms with Crippen LogP contribution in [0.2, 0.25) is 0 Å². The van der Waals surface area contributed by atoms with Crippen molar-refractivity contribution in [1.29, 1.82) is 0 Å². The molecule has 1 aromatic heterocycles. The smallest absolute Gasteiger partial charge is 0.140 e. The third kappa shape index (κ3) is 3.26. The van der Waals surface area contributed by atoms with Crippen molar-refractivity contribution in [2.45, 2.75) is 51.8 Å². The molecule has 5 heteroatoms. The van der Waals surface area contributed by atoms with Crippen LogP contribution < -0.4 is 5.32 Å². The molecule has 0 radical (unpaired) electrons. The van der Waals surface area contributed by atoms with Crippen LogP contribution in [-0.2, 0) is 13.1 Å². The maximum Gasteiger partial charge on any atom is 0.140 e. The molecule has 17 heavy (non-hydrogen) atoms. The van der Waals surface area contributed by atoms with Crippen LogP contribution in [0.1, 0.15) is 38.9 Å². The van der Waals surface area contributed by atoms with E-state index >= 15 is 0 Å². The van der Waals surface area contributed by atoms with Crippen molar-refractivity contribution in [3.63, 3.8) is 0 Å². The summed E-state index contributed by atoms with van der Waals surface area (Å²) in [5.74, 6) is 1.51. The minimum absolute atomic E-state index is 0.469. The molecule has 5 nitrogen and oxygen atoms in total. The lowest BCUT2D eigenvalue weighted by Gasteiger charge is -2.36. The van der Waals surface area contributed by atoms with Gasteiger partial charge in [-0.2, -0.15) is 5.10 Å². The van der Waals surface area contributed by atoms with Gasteiger partial charge in [-0.25, -0.2) is 9.67 Å². The Labute approximate surface area is 102 Å². The van der Waals surface area contributed by atoms with Crippen LogP contribution in [0.25, 0.3) is 0 Å². The fraction of sp³-hybridized carbons (Fsp3) is 0.833. The summed E-state index contributed by atoms with van der Waals surface area (Å²) in [7, 11) is 0. The molecule has 1 fully saturated rings. The van der Waals surface area contributed by atoms with Gasteiger partial charge in [-0.3, -0.25) is 0 Å². The van der Waals surface area contributed by atoms with Crippen molar-refractivity contribution in [2.75, 3.05) is 6.54 Å². The Hall–Kier alpha value is -0.940. The van der Waals surface area contributed by atoms with Gasteiger partial charge in [0, 0.05) is 13.1 Å². The van der Waals surface area contributed by atoms with E-state index < -0.39 is 5.60 Å². The summed E-state index contributed by atoms with van der Waals surface area (Å²) in [5, 5.41) is 17.4. The Morgan fingerprint density at radius 1 is 1.53 bits per heavy atom. The van der Waals surface area contributed by atoms with E-state index in [1.54, 1.807) is 6.33 Å². The maximum absolute atomic E-state index is 9.95. The molecule has 0 aromatic carbocycles. The molecule has 2 rings (SSSR count). The summed E-state index contributed by atoms with van der Waals surface area (Å²) in [6, 6.07) is 0. The van der Waals surface area contributed by atoms with E-state index in [0.29, 0.717) is 19.0 Å². The second-order valence-corrected chi connectivity index (χ2v) is 5.43. The van der Waals surface area contributed by atoms with Gasteiger partial charge in [0.05, 0.1) is 12.1 Å². The quantitative estimate of drug-likeness (QED) is 0.774. The van der Waals surface area contributed by atoms with Gasteiger partial charge in [-0.05, 0) is 25.2 Å². The number of hydrogen-bond acceptors (Lipinski definition) is 4. The van der Waals surface area contributed by atoms with Gasteiger partial charge in [0.25, 0.3) is 0 Å². The molecule has 0 amide bonds. The molecule has 1 aliphatic carbocycles. The standard InChI is InChI=1S/C12H22N4O/c1-10(2)7-16-11(14-9-15-16)6-13-8-12(17)4-3-5-12/h9-10,13,17H,3-8H2,1-2H3. The van der Waals surface area contributed by atoms with Crippen LogP contribution in [-0.4, -0.2) is 32.0 Å². The molecular weight excluding hydrogens is 216 g/mol. The van der Waals surface area contributed by atoms with Crippen LogP contribution in [0.5, 0.6) is 0 Å². The zero-order valence-corrected chi connectivity index (χ0v) is 10.7. The number of nitrogens with one attached hydrogen (secondary N) is 1. The predicted molar refractivity (Wildman–Crippen MR) is 65.4 cm³/mol. The second kappa shape index (κ2) is 5.14. The van der Waals surface area contributed by atoms with E-state index in [1.165, 1.54) is 0 Å². The maximum atomic E-state index is 9.95. The first-order valence-corrected chi connectivity index (χ1v) is 6.39. The van der Waals surface area contributed by atoms with Crippen LogP contribution in [0.4, 0.5) is 0 Å². The molecule has 2 N–H and O–H groups in total. The molecule has 1 aromatic rings. The van der Waals surface area contributed by atoms with E-state index in [0.717, 1.165) is 31.6 Å². The van der Waals surface area contributed by atoms with E-state index in [4.69, 9.17) is 0 Å². The van der Waals surface area contributed by atoms with Crippen LogP contribution >= 0.6 is 0 Å². The first kappa shape index (κ1) is 12.5. The molecule has 96 valence electrons. The van der Waals surface area contributed by atoms with Gasteiger partial charge in [0.1, 0.15) is 12.2 Å². The molecule has 1 saturated carbocycles. The number of aliphatic hydroxyl groups is 1. The van der Waals surface area contributed by atoms with Gasteiger partial charge in [-0.1, -0.05) is 13.8 Å². The van der Waals surface area contributed by atoms with Crippen molar-refractivity contribution < 1.29 is 5.11 Å². The number of nitrogens with zero attached hydrogens (tertiary/aromatic N) is 3. The Kier molecular flexibility index (Phi) is 3.79. The topological polar surface area (TPSA) is 63.0 Å². The predicted octanol–water partition coefficient (Wildman–Crippen LogP) is 0.939. The Morgan fingerprint density at radius 3 is 2.88 bits per heavy atom. The molecule has 0 saturated heterocycles. The van der Waals surface area contributed by atoms with E-state index in [2.05, 4.69) is 29.2 Å². The van der Waals surface area contributed by atoms with Crippen molar-refractivity contribution in [2.24, 2.45) is 5.92 Å². The Morgan fingerprint density at radius 2 is 2.29 bits per heavy atom. The van der Waals surface area contributed by atoms with Crippen LogP contribution in [0, 0.1) is 5.92 Å². The first-order valence-electron chi connectivity index (χ1n) is 6.39. The summed E-state index contributed by atoms with van der Waals surface area (Å²) < 4.78 is 1.93. The van der Waals surface area contributed by atoms with E-state index in [-0.39, 0.29) is 0 Å². The first-order chi connectivity index (χ1) is 8.09. The van der Waals surface area contributed by atoms with Crippen molar-refractivity contribution in [3.05, 3.63) is 12.2 Å². The number of rotatable bonds is 6. The minimum Gasteiger partial charge on any atom is -0.389 e. The van der Waals surface area contributed by atoms with Gasteiger partial charge in [0.2, 0.25) is 0 Å². The highest BCUT2D eigenvalue weighted by Crippen LogP contribution is 2.30. The van der Waals surface area contributed by atoms with E-state index in [1.807, 2.05) is 4.68 Å². The van der Waals surface area contributed by atoms with Gasteiger partial charge in [0.15, 0.2) is 0 Å². The summed E-state index contributed by atoms with van der Waals surface area (Å²) in [5.41, 5.74) is -0.469. The lowest BCUT2D eigenvalue weighted by Crippen LogP contribution is -2.46. The zero-order valence-electron chi connectivity index (χ0n) is 10.7. The largest absolute Gasteiger partial charge is 0.389 e. The minimum atomic E-state index is -0.469. The summed E-state index contributed by atoms with van der Waals surface area (Å²) in [6.45, 7) is 6.55. The highest BCUT2D eigenvalue weighted by molar-refractivity contribution is 4.91. The third-order valence-corrected chi connectivity index (χ3v) is 3.26. The molecular formula is C12H22N4O. The average Bonchev–Trinajstić information content (AvgIpc) is 2.62. The van der Waals surface area contributed by atoms with Gasteiger partial charge in [-0.15, -0.1) is 0 Å². The number of aromatic nitrogens is 3. The van der Waals surface area contributed by atoms with Crippen molar-refractivity contribution in [1.82, 2.24) is 20.1 Å². The monoisotopic (exact) mass is 238 g/mol. The normalized spacial score (nSPS) is 18.4. The highest BCUT2D eigenvalue weighted by atomic mass is 16.3. The second-order valence-electron chi connectivity index (χ2n) is 5.43. The van der Waals surface area contributed by atoms with E-state index in [9.17, 15) is 5.11 Å². The molecule has 0 aliphatic heterocycles. The molecule has 0 unspecified atom stereocenters. The lowest BCUT2D eigenvalue weighted by atomic mass is 9.80. The number of hydrogen-bond donors (Lipinski definition) is 2. The zero-order chi connectivity index (χ0) is 12.3. The van der Waals surface area contributed by atoms with Crippen molar-refractivity contribution in [3.8, 4) is 0 Å². The fourth-order valence-corrected chi connectivity index (χ4v) is 2.09. The molecule has 0 atom stereocenters. The Bertz CT molecular complexity index is 357. The summed E-state index contributed by atoms with van der Waals surface area (Å²) in [4.78, 5) is 4.24. The summed E-state index contributed by atoms with van der Waals surface area (Å²) >= 11 is 0. The fourth-order valence-electron chi connectivity index (χ4n) is 2.09. The summed E-state index contributed by atoms with van der Waals surface area (Å²) in [6.07, 6.45) is 4.57. The third-order valence-electron chi connectivity index (χ3n) is 3.26. The highest BCUT2D eigenvalue weighted by Gasteiger charge is 2.33. The Balaban J connectivity index is 1.80. The van der Waals surface area contributed by atoms with Gasteiger partial charge >= 0.3 is 0 Å². The lowest BCUT2D eigenvalue weighted by molar-refractivity contribution is -0.0316. The molecule has 1 aliphatic rings. The average molecular weight is 238 g/mol. The van der Waals surface area contributed by atoms with Crippen LogP contribution in [0.15, 0.2) is 6.33 Å². The van der Waals surface area contributed by atoms with Gasteiger partial charge < -0.3 is 10.4 Å². The molecule has 0 bridgehead atoms. The SMILES string of the molecule is CC(C)Cn1ncnc1CNCC1(O)CCC1.